The molecule has 1 aromatic rings. The lowest BCUT2D eigenvalue weighted by molar-refractivity contribution is -0.839. The van der Waals surface area contributed by atoms with Gasteiger partial charge < -0.3 is 4.48 Å². The quantitative estimate of drug-likeness (QED) is 0.113. The molecule has 1 rings (SSSR count). The fourth-order valence-corrected chi connectivity index (χ4v) is 4.74. The Morgan fingerprint density at radius 3 is 1.58 bits per heavy atom. The van der Waals surface area contributed by atoms with Crippen LogP contribution in [-0.2, 0) is 6.42 Å². The van der Waals surface area contributed by atoms with E-state index in [1.165, 1.54) is 141 Å². The van der Waals surface area contributed by atoms with Gasteiger partial charge in [0.2, 0.25) is 0 Å². The number of hydrogen-bond donors (Lipinski definition) is 0. The summed E-state index contributed by atoms with van der Waals surface area (Å²) in [4.78, 5) is 0. The van der Waals surface area contributed by atoms with Gasteiger partial charge in [0.05, 0.1) is 26.8 Å². The van der Waals surface area contributed by atoms with Gasteiger partial charge in [-0.1, -0.05) is 134 Å². The molecule has 0 fully saturated rings. The first-order valence-corrected chi connectivity index (χ1v) is 14.7. The number of hydrogen-bond acceptors (Lipinski definition) is 0. The number of rotatable bonds is 23. The second kappa shape index (κ2) is 21.5. The van der Waals surface area contributed by atoms with Crippen molar-refractivity contribution in [2.24, 2.45) is 0 Å². The Kier molecular flexibility index (Phi) is 19.5. The number of nitrogens with zero attached hydrogens (tertiary/aromatic N) is 1. The summed E-state index contributed by atoms with van der Waals surface area (Å²) >= 11 is 0. The second-order valence-electron chi connectivity index (χ2n) is 10.9. The first-order valence-electron chi connectivity index (χ1n) is 14.7. The molecule has 0 unspecified atom stereocenters. The van der Waals surface area contributed by atoms with E-state index >= 15 is 0 Å². The Hall–Kier alpha value is -1.08. The van der Waals surface area contributed by atoms with Crippen molar-refractivity contribution in [1.82, 2.24) is 0 Å². The lowest BCUT2D eigenvalue weighted by atomic mass is 10.0. The van der Waals surface area contributed by atoms with E-state index in [-0.39, 0.29) is 0 Å². The van der Waals surface area contributed by atoms with E-state index in [0.29, 0.717) is 0 Å². The number of unbranched alkanes of at least 4 members (excludes halogenated alkanes) is 17. The topological polar surface area (TPSA) is 0 Å². The van der Waals surface area contributed by atoms with E-state index in [1.54, 1.807) is 0 Å². The summed E-state index contributed by atoms with van der Waals surface area (Å²) < 4.78 is 1.02. The Morgan fingerprint density at radius 2 is 1.06 bits per heavy atom. The van der Waals surface area contributed by atoms with Crippen LogP contribution in [0.5, 0.6) is 0 Å². The lowest BCUT2D eigenvalue weighted by Gasteiger charge is -2.25. The third-order valence-electron chi connectivity index (χ3n) is 7.03. The van der Waals surface area contributed by atoms with E-state index < -0.39 is 0 Å². The third kappa shape index (κ3) is 20.0. The van der Waals surface area contributed by atoms with Gasteiger partial charge in [-0.2, -0.15) is 0 Å². The highest BCUT2D eigenvalue weighted by Crippen LogP contribution is 2.14. The maximum Gasteiger partial charge on any atom is 0.0913 e. The number of aryl methyl sites for hydroxylation is 1. The van der Waals surface area contributed by atoms with Gasteiger partial charge in [-0.25, -0.2) is 0 Å². The van der Waals surface area contributed by atoms with Crippen molar-refractivity contribution >= 4 is 0 Å². The van der Waals surface area contributed by atoms with Crippen LogP contribution in [0.3, 0.4) is 0 Å². The van der Waals surface area contributed by atoms with Crippen molar-refractivity contribution in [2.75, 3.05) is 20.6 Å². The zero-order valence-electron chi connectivity index (χ0n) is 22.8. The summed E-state index contributed by atoms with van der Waals surface area (Å²) in [6.07, 6.45) is 33.1. The molecule has 190 valence electrons. The van der Waals surface area contributed by atoms with Crippen molar-refractivity contribution in [3.05, 3.63) is 48.2 Å². The Bertz CT molecular complexity index is 545. The SMILES string of the molecule is CCCCCCCCCCCCCCCCCCC=C[N+](C)(C)CCCCc1ccccc1. The zero-order valence-corrected chi connectivity index (χ0v) is 22.8. The molecule has 0 aliphatic rings. The highest BCUT2D eigenvalue weighted by molar-refractivity contribution is 5.14. The summed E-state index contributed by atoms with van der Waals surface area (Å²) in [5.41, 5.74) is 1.47. The molecule has 0 aliphatic heterocycles. The summed E-state index contributed by atoms with van der Waals surface area (Å²) in [6.45, 7) is 3.54. The largest absolute Gasteiger partial charge is 0.302 e. The van der Waals surface area contributed by atoms with Gasteiger partial charge in [0.1, 0.15) is 0 Å². The standard InChI is InChI=1S/C32H58N/c1-4-5-6-7-8-9-10-11-12-13-14-15-16-17-18-19-20-25-30-33(2,3)31-26-24-29-32-27-22-21-23-28-32/h21-23,25,27-28,30H,4-20,24,26,29,31H2,1-3H3/q+1. The minimum atomic E-state index is 1.02. The Balaban J connectivity index is 1.83. The Labute approximate surface area is 208 Å². The number of allylic oxidation sites excluding steroid dienone is 1. The molecule has 0 saturated carbocycles. The number of benzene rings is 1. The second-order valence-corrected chi connectivity index (χ2v) is 10.9. The molecule has 0 heterocycles. The zero-order chi connectivity index (χ0) is 23.9. The normalized spacial score (nSPS) is 12.1. The van der Waals surface area contributed by atoms with Crippen LogP contribution < -0.4 is 0 Å². The molecule has 1 heteroatoms. The van der Waals surface area contributed by atoms with Gasteiger partial charge in [-0.3, -0.25) is 0 Å². The van der Waals surface area contributed by atoms with Gasteiger partial charge in [0, 0.05) is 0 Å². The summed E-state index contributed by atoms with van der Waals surface area (Å²) in [7, 11) is 4.68. The third-order valence-corrected chi connectivity index (χ3v) is 7.03. The summed E-state index contributed by atoms with van der Waals surface area (Å²) in [6, 6.07) is 10.9. The van der Waals surface area contributed by atoms with Crippen LogP contribution in [0.2, 0.25) is 0 Å². The van der Waals surface area contributed by atoms with Gasteiger partial charge >= 0.3 is 0 Å². The van der Waals surface area contributed by atoms with E-state index in [0.717, 1.165) is 4.48 Å². The molecule has 0 saturated heterocycles. The predicted octanol–water partition coefficient (Wildman–Crippen LogP) is 10.3. The molecule has 0 aromatic heterocycles. The van der Waals surface area contributed by atoms with Gasteiger partial charge in [0.25, 0.3) is 0 Å². The fourth-order valence-electron chi connectivity index (χ4n) is 4.74. The monoisotopic (exact) mass is 456 g/mol. The molecular weight excluding hydrogens is 398 g/mol. The minimum Gasteiger partial charge on any atom is -0.302 e. The molecule has 1 nitrogen and oxygen atoms in total. The minimum absolute atomic E-state index is 1.02. The van der Waals surface area contributed by atoms with Crippen molar-refractivity contribution in [1.29, 1.82) is 0 Å². The molecule has 0 spiro atoms. The highest BCUT2D eigenvalue weighted by Gasteiger charge is 2.10. The van der Waals surface area contributed by atoms with Crippen LogP contribution >= 0.6 is 0 Å². The van der Waals surface area contributed by atoms with Crippen molar-refractivity contribution in [3.63, 3.8) is 0 Å². The molecule has 0 aliphatic carbocycles. The van der Waals surface area contributed by atoms with Crippen molar-refractivity contribution in [2.45, 2.75) is 135 Å². The van der Waals surface area contributed by atoms with Gasteiger partial charge in [-0.05, 0) is 43.7 Å². The maximum atomic E-state index is 2.43. The van der Waals surface area contributed by atoms with Crippen LogP contribution in [0, 0.1) is 0 Å². The van der Waals surface area contributed by atoms with Gasteiger partial charge in [0.15, 0.2) is 0 Å². The summed E-state index contributed by atoms with van der Waals surface area (Å²) in [5, 5.41) is 0. The molecule has 1 aromatic carbocycles. The van der Waals surface area contributed by atoms with Crippen LogP contribution in [-0.4, -0.2) is 25.1 Å². The maximum absolute atomic E-state index is 2.43. The van der Waals surface area contributed by atoms with Crippen LogP contribution in [0.25, 0.3) is 0 Å². The molecule has 0 radical (unpaired) electrons. The van der Waals surface area contributed by atoms with E-state index in [2.05, 4.69) is 63.6 Å². The highest BCUT2D eigenvalue weighted by atomic mass is 15.3. The van der Waals surface area contributed by atoms with E-state index in [1.807, 2.05) is 0 Å². The molecule has 0 atom stereocenters. The molecule has 33 heavy (non-hydrogen) atoms. The van der Waals surface area contributed by atoms with E-state index in [9.17, 15) is 0 Å². The van der Waals surface area contributed by atoms with Crippen molar-refractivity contribution in [3.8, 4) is 0 Å². The fraction of sp³-hybridized carbons (Fsp3) is 0.750. The van der Waals surface area contributed by atoms with Crippen LogP contribution in [0.4, 0.5) is 0 Å². The predicted molar refractivity (Wildman–Crippen MR) is 150 cm³/mol. The van der Waals surface area contributed by atoms with Crippen LogP contribution in [0.1, 0.15) is 134 Å². The molecule has 0 amide bonds. The average molecular weight is 457 g/mol. The van der Waals surface area contributed by atoms with Crippen molar-refractivity contribution < 1.29 is 4.48 Å². The molecule has 0 N–H and O–H groups in total. The number of quaternary nitrogens is 1. The van der Waals surface area contributed by atoms with Gasteiger partial charge in [-0.15, -0.1) is 0 Å². The van der Waals surface area contributed by atoms with E-state index in [4.69, 9.17) is 0 Å². The smallest absolute Gasteiger partial charge is 0.0913 e. The molecular formula is C32H58N+. The molecule has 0 bridgehead atoms. The summed E-state index contributed by atoms with van der Waals surface area (Å²) in [5.74, 6) is 0. The average Bonchev–Trinajstić information content (AvgIpc) is 2.82. The lowest BCUT2D eigenvalue weighted by Crippen LogP contribution is -2.34. The Morgan fingerprint density at radius 1 is 0.576 bits per heavy atom. The van der Waals surface area contributed by atoms with Crippen LogP contribution in [0.15, 0.2) is 42.6 Å². The first-order chi connectivity index (χ1) is 16.1. The first kappa shape index (κ1) is 30.0.